The Morgan fingerprint density at radius 2 is 1.68 bits per heavy atom. The van der Waals surface area contributed by atoms with Gasteiger partial charge in [-0.3, -0.25) is 4.90 Å². The maximum atomic E-state index is 5.53. The van der Waals surface area contributed by atoms with E-state index in [1.807, 2.05) is 6.07 Å². The van der Waals surface area contributed by atoms with Gasteiger partial charge in [0.1, 0.15) is 0 Å². The predicted molar refractivity (Wildman–Crippen MR) is 112 cm³/mol. The van der Waals surface area contributed by atoms with Crippen LogP contribution in [-0.2, 0) is 13.0 Å². The molecular weight excluding hydrogens is 514 g/mol. The Morgan fingerprint density at radius 1 is 1.04 bits per heavy atom. The lowest BCUT2D eigenvalue weighted by atomic mass is 9.92. The molecule has 3 rings (SSSR count). The Kier molecular flexibility index (Phi) is 6.14. The molecule has 1 unspecified atom stereocenters. The van der Waals surface area contributed by atoms with Crippen LogP contribution >= 0.6 is 47.8 Å². The van der Waals surface area contributed by atoms with E-state index in [0.717, 1.165) is 31.0 Å². The van der Waals surface area contributed by atoms with Gasteiger partial charge >= 0.3 is 0 Å². The summed E-state index contributed by atoms with van der Waals surface area (Å²) in [6.45, 7) is 1.84. The Hall–Kier alpha value is -0.560. The van der Waals surface area contributed by atoms with Gasteiger partial charge in [0.25, 0.3) is 0 Å². The summed E-state index contributed by atoms with van der Waals surface area (Å²) in [6, 6.07) is 14.8. The molecule has 0 N–H and O–H groups in total. The van der Waals surface area contributed by atoms with Crippen molar-refractivity contribution >= 4 is 47.8 Å². The van der Waals surface area contributed by atoms with E-state index >= 15 is 0 Å². The fourth-order valence-electron chi connectivity index (χ4n) is 3.37. The van der Waals surface area contributed by atoms with E-state index in [4.69, 9.17) is 9.47 Å². The molecule has 6 heteroatoms. The van der Waals surface area contributed by atoms with Gasteiger partial charge in [0.05, 0.1) is 20.3 Å². The molecule has 2 aromatic rings. The van der Waals surface area contributed by atoms with Gasteiger partial charge in [-0.15, -0.1) is 0 Å². The normalized spacial score (nSPS) is 17.9. The largest absolute Gasteiger partial charge is 0.493 e. The molecule has 0 saturated carbocycles. The first-order valence-corrected chi connectivity index (χ1v) is 10.4. The van der Waals surface area contributed by atoms with E-state index in [-0.39, 0.29) is 6.04 Å². The molecular formula is C19H20Br3NO2. The highest BCUT2D eigenvalue weighted by Gasteiger charge is 2.41. The number of nitrogens with zero attached hydrogens (tertiary/aromatic N) is 1. The Morgan fingerprint density at radius 3 is 2.28 bits per heavy atom. The molecule has 0 bridgehead atoms. The number of benzene rings is 2. The lowest BCUT2D eigenvalue weighted by molar-refractivity contribution is 0.184. The monoisotopic (exact) mass is 531 g/mol. The van der Waals surface area contributed by atoms with E-state index in [1.165, 1.54) is 16.7 Å². The minimum absolute atomic E-state index is 0.0938. The Labute approximate surface area is 174 Å². The smallest absolute Gasteiger partial charge is 0.161 e. The summed E-state index contributed by atoms with van der Waals surface area (Å²) < 4.78 is 10.6. The van der Waals surface area contributed by atoms with E-state index in [2.05, 4.69) is 89.1 Å². The second-order valence-electron chi connectivity index (χ2n) is 6.06. The number of rotatable bonds is 4. The molecule has 0 aliphatic carbocycles. The number of hydrogen-bond acceptors (Lipinski definition) is 3. The molecule has 1 aliphatic heterocycles. The number of alkyl halides is 3. The summed E-state index contributed by atoms with van der Waals surface area (Å²) in [5.74, 6) is 1.53. The van der Waals surface area contributed by atoms with E-state index in [0.29, 0.717) is 0 Å². The van der Waals surface area contributed by atoms with Crippen molar-refractivity contribution in [2.45, 2.75) is 21.2 Å². The fourth-order valence-corrected chi connectivity index (χ4v) is 4.98. The average Bonchev–Trinajstić information content (AvgIpc) is 2.60. The molecule has 0 saturated heterocycles. The van der Waals surface area contributed by atoms with Crippen LogP contribution in [0.15, 0.2) is 42.5 Å². The SMILES string of the molecule is COc1cc2c(cc1OC)C(C(Br)(Br)Br)N(Cc1ccccc1)CC2. The standard InChI is InChI=1S/C19H20Br3NO2/c1-24-16-10-14-8-9-23(12-13-6-4-3-5-7-13)18(19(20,21)22)15(14)11-17(16)25-2/h3-7,10-11,18H,8-9,12H2,1-2H3. The maximum absolute atomic E-state index is 5.53. The molecule has 25 heavy (non-hydrogen) atoms. The molecule has 1 aliphatic rings. The first kappa shape index (κ1) is 19.2. The summed E-state index contributed by atoms with van der Waals surface area (Å²) in [5, 5.41) is 0. The van der Waals surface area contributed by atoms with E-state index in [1.54, 1.807) is 14.2 Å². The van der Waals surface area contributed by atoms with Crippen molar-refractivity contribution in [2.24, 2.45) is 0 Å². The van der Waals surface area contributed by atoms with Gasteiger partial charge in [0.15, 0.2) is 13.6 Å². The van der Waals surface area contributed by atoms with Crippen molar-refractivity contribution < 1.29 is 9.47 Å². The number of halogens is 3. The van der Waals surface area contributed by atoms with Crippen LogP contribution in [0, 0.1) is 0 Å². The topological polar surface area (TPSA) is 21.7 Å². The molecule has 1 atom stereocenters. The van der Waals surface area contributed by atoms with E-state index in [9.17, 15) is 0 Å². The highest BCUT2D eigenvalue weighted by Crippen LogP contribution is 2.52. The average molecular weight is 534 g/mol. The molecule has 0 fully saturated rings. The Bertz CT molecular complexity index is 731. The van der Waals surface area contributed by atoms with Gasteiger partial charge < -0.3 is 9.47 Å². The predicted octanol–water partition coefficient (Wildman–Crippen LogP) is 5.64. The van der Waals surface area contributed by atoms with Crippen molar-refractivity contribution in [3.8, 4) is 11.5 Å². The summed E-state index contributed by atoms with van der Waals surface area (Å²) in [7, 11) is 3.35. The number of hydrogen-bond donors (Lipinski definition) is 0. The molecule has 0 aromatic heterocycles. The highest BCUT2D eigenvalue weighted by molar-refractivity contribution is 9.39. The fraction of sp³-hybridized carbons (Fsp3) is 0.368. The third-order valence-electron chi connectivity index (χ3n) is 4.51. The minimum Gasteiger partial charge on any atom is -0.493 e. The van der Waals surface area contributed by atoms with Crippen molar-refractivity contribution in [2.75, 3.05) is 20.8 Å². The summed E-state index contributed by atoms with van der Waals surface area (Å²) in [5.41, 5.74) is 3.81. The zero-order chi connectivity index (χ0) is 18.0. The quantitative estimate of drug-likeness (QED) is 0.475. The van der Waals surface area contributed by atoms with Crippen molar-refractivity contribution in [3.63, 3.8) is 0 Å². The molecule has 0 radical (unpaired) electrons. The van der Waals surface area contributed by atoms with Crippen LogP contribution in [0.5, 0.6) is 11.5 Å². The van der Waals surface area contributed by atoms with Crippen LogP contribution in [0.2, 0.25) is 0 Å². The summed E-state index contributed by atoms with van der Waals surface area (Å²) in [6.07, 6.45) is 0.974. The number of fused-ring (bicyclic) bond motifs is 1. The van der Waals surface area contributed by atoms with Crippen molar-refractivity contribution in [1.82, 2.24) is 4.90 Å². The van der Waals surface area contributed by atoms with Gasteiger partial charge in [-0.2, -0.15) is 0 Å². The zero-order valence-electron chi connectivity index (χ0n) is 14.1. The second-order valence-corrected chi connectivity index (χ2v) is 13.0. The summed E-state index contributed by atoms with van der Waals surface area (Å²) in [4.78, 5) is 2.46. The highest BCUT2D eigenvalue weighted by atomic mass is 80.0. The number of methoxy groups -OCH3 is 2. The first-order chi connectivity index (χ1) is 11.9. The Balaban J connectivity index is 2.02. The molecule has 0 amide bonds. The van der Waals surface area contributed by atoms with Crippen LogP contribution in [0.3, 0.4) is 0 Å². The zero-order valence-corrected chi connectivity index (χ0v) is 18.9. The van der Waals surface area contributed by atoms with Crippen LogP contribution in [0.25, 0.3) is 0 Å². The molecule has 0 spiro atoms. The van der Waals surface area contributed by atoms with Crippen LogP contribution in [0.4, 0.5) is 0 Å². The molecule has 3 nitrogen and oxygen atoms in total. The lowest BCUT2D eigenvalue weighted by Crippen LogP contribution is -2.40. The second kappa shape index (κ2) is 7.99. The van der Waals surface area contributed by atoms with Crippen molar-refractivity contribution in [3.05, 3.63) is 59.2 Å². The van der Waals surface area contributed by atoms with Crippen LogP contribution in [-0.4, -0.2) is 27.8 Å². The molecule has 2 aromatic carbocycles. The van der Waals surface area contributed by atoms with E-state index < -0.39 is 2.14 Å². The number of ether oxygens (including phenoxy) is 2. The van der Waals surface area contributed by atoms with Gasteiger partial charge in [0.2, 0.25) is 0 Å². The lowest BCUT2D eigenvalue weighted by Gasteiger charge is -2.42. The molecule has 1 heterocycles. The van der Waals surface area contributed by atoms with Gasteiger partial charge in [-0.1, -0.05) is 78.1 Å². The van der Waals surface area contributed by atoms with Crippen molar-refractivity contribution in [1.29, 1.82) is 0 Å². The molecule has 134 valence electrons. The van der Waals surface area contributed by atoms with Crippen LogP contribution < -0.4 is 9.47 Å². The third kappa shape index (κ3) is 4.24. The van der Waals surface area contributed by atoms with Crippen LogP contribution in [0.1, 0.15) is 22.7 Å². The summed E-state index contributed by atoms with van der Waals surface area (Å²) >= 11 is 11.3. The first-order valence-electron chi connectivity index (χ1n) is 8.03. The third-order valence-corrected chi connectivity index (χ3v) is 5.81. The van der Waals surface area contributed by atoms with Gasteiger partial charge in [-0.25, -0.2) is 0 Å². The van der Waals surface area contributed by atoms with Gasteiger partial charge in [0, 0.05) is 13.1 Å². The minimum atomic E-state index is -0.434. The maximum Gasteiger partial charge on any atom is 0.161 e. The van der Waals surface area contributed by atoms with Gasteiger partial charge in [-0.05, 0) is 35.2 Å².